The number of nitrogens with zero attached hydrogens (tertiary/aromatic N) is 1. The zero-order valence-corrected chi connectivity index (χ0v) is 12.9. The van der Waals surface area contributed by atoms with Gasteiger partial charge < -0.3 is 10.6 Å². The van der Waals surface area contributed by atoms with Crippen molar-refractivity contribution in [3.8, 4) is 0 Å². The average molecular weight is 284 g/mol. The molecule has 0 aliphatic heterocycles. The number of carbonyl (C=O) groups excluding carboxylic acids is 1. The summed E-state index contributed by atoms with van der Waals surface area (Å²) in [6, 6.07) is 14.3. The maximum atomic E-state index is 12.1. The fourth-order valence-electron chi connectivity index (χ4n) is 2.63. The van der Waals surface area contributed by atoms with Gasteiger partial charge in [-0.05, 0) is 29.2 Å². The van der Waals surface area contributed by atoms with Crippen molar-refractivity contribution in [2.75, 3.05) is 13.6 Å². The van der Waals surface area contributed by atoms with Crippen LogP contribution in [0, 0.1) is 0 Å². The van der Waals surface area contributed by atoms with Crippen LogP contribution in [0.1, 0.15) is 25.3 Å². The van der Waals surface area contributed by atoms with E-state index in [0.717, 1.165) is 19.3 Å². The summed E-state index contributed by atoms with van der Waals surface area (Å²) in [5.41, 5.74) is 7.17. The summed E-state index contributed by atoms with van der Waals surface area (Å²) < 4.78 is 0. The second-order valence-corrected chi connectivity index (χ2v) is 5.54. The van der Waals surface area contributed by atoms with Crippen molar-refractivity contribution >= 4 is 16.7 Å². The van der Waals surface area contributed by atoms with Crippen LogP contribution in [-0.2, 0) is 11.2 Å². The molecule has 0 aromatic heterocycles. The predicted octanol–water partition coefficient (Wildman–Crippen LogP) is 2.97. The van der Waals surface area contributed by atoms with Crippen LogP contribution in [0.25, 0.3) is 10.8 Å². The van der Waals surface area contributed by atoms with Gasteiger partial charge in [0.15, 0.2) is 0 Å². The Balaban J connectivity index is 2.03. The number of hydrogen-bond acceptors (Lipinski definition) is 2. The number of fused-ring (bicyclic) bond motifs is 1. The standard InChI is InChI=1S/C18H24N2O/c1-3-7-17(19)18(21)20(2)13-12-15-10-6-9-14-8-4-5-11-16(14)15/h4-6,8-11,17H,3,7,12-13,19H2,1-2H3. The van der Waals surface area contributed by atoms with Gasteiger partial charge in [0.25, 0.3) is 0 Å². The number of benzene rings is 2. The molecule has 112 valence electrons. The van der Waals surface area contributed by atoms with Gasteiger partial charge in [0.2, 0.25) is 5.91 Å². The molecular weight excluding hydrogens is 260 g/mol. The van der Waals surface area contributed by atoms with Crippen molar-refractivity contribution in [2.45, 2.75) is 32.2 Å². The van der Waals surface area contributed by atoms with Gasteiger partial charge in [-0.2, -0.15) is 0 Å². The average Bonchev–Trinajstić information content (AvgIpc) is 2.52. The van der Waals surface area contributed by atoms with E-state index < -0.39 is 0 Å². The van der Waals surface area contributed by atoms with Crippen LogP contribution in [0.15, 0.2) is 42.5 Å². The minimum atomic E-state index is -0.368. The molecule has 21 heavy (non-hydrogen) atoms. The largest absolute Gasteiger partial charge is 0.344 e. The molecule has 0 aliphatic carbocycles. The summed E-state index contributed by atoms with van der Waals surface area (Å²) in [4.78, 5) is 13.9. The molecule has 0 fully saturated rings. The van der Waals surface area contributed by atoms with E-state index >= 15 is 0 Å². The van der Waals surface area contributed by atoms with E-state index in [-0.39, 0.29) is 11.9 Å². The highest BCUT2D eigenvalue weighted by molar-refractivity contribution is 5.86. The molecule has 2 aromatic rings. The van der Waals surface area contributed by atoms with Crippen molar-refractivity contribution < 1.29 is 4.79 Å². The molecule has 2 rings (SSSR count). The molecule has 3 nitrogen and oxygen atoms in total. The highest BCUT2D eigenvalue weighted by atomic mass is 16.2. The van der Waals surface area contributed by atoms with Gasteiger partial charge in [-0.25, -0.2) is 0 Å². The Hall–Kier alpha value is -1.87. The normalized spacial score (nSPS) is 12.3. The summed E-state index contributed by atoms with van der Waals surface area (Å²) >= 11 is 0. The first-order valence-electron chi connectivity index (χ1n) is 7.60. The van der Waals surface area contributed by atoms with E-state index in [4.69, 9.17) is 5.73 Å². The lowest BCUT2D eigenvalue weighted by atomic mass is 10.0. The Bertz CT molecular complexity index is 604. The third-order valence-electron chi connectivity index (χ3n) is 3.89. The molecule has 3 heteroatoms. The monoisotopic (exact) mass is 284 g/mol. The van der Waals surface area contributed by atoms with E-state index in [1.807, 2.05) is 20.0 Å². The third-order valence-corrected chi connectivity index (χ3v) is 3.89. The van der Waals surface area contributed by atoms with E-state index in [1.54, 1.807) is 4.90 Å². The topological polar surface area (TPSA) is 46.3 Å². The van der Waals surface area contributed by atoms with Crippen molar-refractivity contribution in [3.05, 3.63) is 48.0 Å². The second-order valence-electron chi connectivity index (χ2n) is 5.54. The fourth-order valence-corrected chi connectivity index (χ4v) is 2.63. The highest BCUT2D eigenvalue weighted by Crippen LogP contribution is 2.19. The molecule has 1 amide bonds. The van der Waals surface area contributed by atoms with Gasteiger partial charge >= 0.3 is 0 Å². The number of amides is 1. The molecule has 0 spiro atoms. The molecule has 0 saturated heterocycles. The maximum Gasteiger partial charge on any atom is 0.239 e. The Morgan fingerprint density at radius 3 is 2.67 bits per heavy atom. The van der Waals surface area contributed by atoms with Gasteiger partial charge in [0, 0.05) is 13.6 Å². The molecule has 2 aromatic carbocycles. The van der Waals surface area contributed by atoms with Crippen LogP contribution in [0.3, 0.4) is 0 Å². The summed E-state index contributed by atoms with van der Waals surface area (Å²) in [6.45, 7) is 2.74. The first kappa shape index (κ1) is 15.5. The van der Waals surface area contributed by atoms with Crippen LogP contribution in [0.5, 0.6) is 0 Å². The minimum Gasteiger partial charge on any atom is -0.344 e. The lowest BCUT2D eigenvalue weighted by Crippen LogP contribution is -2.42. The summed E-state index contributed by atoms with van der Waals surface area (Å²) in [5, 5.41) is 2.50. The Labute approximate surface area is 126 Å². The van der Waals surface area contributed by atoms with E-state index in [9.17, 15) is 4.79 Å². The van der Waals surface area contributed by atoms with Crippen LogP contribution in [-0.4, -0.2) is 30.4 Å². The fraction of sp³-hybridized carbons (Fsp3) is 0.389. The van der Waals surface area contributed by atoms with Crippen LogP contribution >= 0.6 is 0 Å². The molecule has 0 heterocycles. The van der Waals surface area contributed by atoms with Gasteiger partial charge in [-0.1, -0.05) is 55.8 Å². The quantitative estimate of drug-likeness (QED) is 0.886. The van der Waals surface area contributed by atoms with Gasteiger partial charge in [0.05, 0.1) is 6.04 Å². The zero-order valence-electron chi connectivity index (χ0n) is 12.9. The molecular formula is C18H24N2O. The highest BCUT2D eigenvalue weighted by Gasteiger charge is 2.16. The Morgan fingerprint density at radius 1 is 1.19 bits per heavy atom. The summed E-state index contributed by atoms with van der Waals surface area (Å²) in [7, 11) is 1.84. The zero-order chi connectivity index (χ0) is 15.2. The molecule has 1 atom stereocenters. The summed E-state index contributed by atoms with van der Waals surface area (Å²) in [5.74, 6) is 0.0390. The molecule has 0 saturated carbocycles. The van der Waals surface area contributed by atoms with Crippen molar-refractivity contribution in [3.63, 3.8) is 0 Å². The van der Waals surface area contributed by atoms with Gasteiger partial charge in [0.1, 0.15) is 0 Å². The predicted molar refractivity (Wildman–Crippen MR) is 88.2 cm³/mol. The molecule has 0 radical (unpaired) electrons. The lowest BCUT2D eigenvalue weighted by Gasteiger charge is -2.21. The Morgan fingerprint density at radius 2 is 1.90 bits per heavy atom. The van der Waals surface area contributed by atoms with Crippen LogP contribution in [0.2, 0.25) is 0 Å². The lowest BCUT2D eigenvalue weighted by molar-refractivity contribution is -0.131. The molecule has 0 bridgehead atoms. The van der Waals surface area contributed by atoms with Crippen molar-refractivity contribution in [2.24, 2.45) is 5.73 Å². The molecule has 2 N–H and O–H groups in total. The SMILES string of the molecule is CCCC(N)C(=O)N(C)CCc1cccc2ccccc12. The van der Waals surface area contributed by atoms with Crippen LogP contribution in [0.4, 0.5) is 0 Å². The first-order chi connectivity index (χ1) is 10.1. The van der Waals surface area contributed by atoms with Gasteiger partial charge in [-0.3, -0.25) is 4.79 Å². The number of hydrogen-bond donors (Lipinski definition) is 1. The number of nitrogens with two attached hydrogens (primary N) is 1. The second kappa shape index (κ2) is 7.23. The number of rotatable bonds is 6. The third kappa shape index (κ3) is 3.82. The van der Waals surface area contributed by atoms with Crippen molar-refractivity contribution in [1.29, 1.82) is 0 Å². The summed E-state index contributed by atoms with van der Waals surface area (Å²) in [6.07, 6.45) is 2.53. The minimum absolute atomic E-state index is 0.0390. The molecule has 0 aliphatic rings. The number of likely N-dealkylation sites (N-methyl/N-ethyl adjacent to an activating group) is 1. The van der Waals surface area contributed by atoms with Crippen LogP contribution < -0.4 is 5.73 Å². The van der Waals surface area contributed by atoms with E-state index in [1.165, 1.54) is 16.3 Å². The number of carbonyl (C=O) groups is 1. The maximum absolute atomic E-state index is 12.1. The van der Waals surface area contributed by atoms with E-state index in [0.29, 0.717) is 6.54 Å². The Kier molecular flexibility index (Phi) is 5.34. The smallest absolute Gasteiger partial charge is 0.239 e. The van der Waals surface area contributed by atoms with Gasteiger partial charge in [-0.15, -0.1) is 0 Å². The van der Waals surface area contributed by atoms with Crippen molar-refractivity contribution in [1.82, 2.24) is 4.90 Å². The van der Waals surface area contributed by atoms with E-state index in [2.05, 4.69) is 36.4 Å². The molecule has 1 unspecified atom stereocenters. The first-order valence-corrected chi connectivity index (χ1v) is 7.60.